The Morgan fingerprint density at radius 2 is 1.77 bits per heavy atom. The molecule has 4 rings (SSSR count). The van der Waals surface area contributed by atoms with E-state index in [2.05, 4.69) is 44.2 Å². The van der Waals surface area contributed by atoms with E-state index in [1.165, 1.54) is 5.56 Å². The summed E-state index contributed by atoms with van der Waals surface area (Å²) in [6.45, 7) is 4.70. The number of rotatable bonds is 8. The summed E-state index contributed by atoms with van der Waals surface area (Å²) < 4.78 is 12.8. The number of benzene rings is 2. The smallest absolute Gasteiger partial charge is 0.191 e. The molecule has 6 nitrogen and oxygen atoms in total. The molecule has 4 aromatic rings. The normalized spacial score (nSPS) is 11.0. The number of aryl methyl sites for hydroxylation is 3. The summed E-state index contributed by atoms with van der Waals surface area (Å²) in [4.78, 5) is 0. The van der Waals surface area contributed by atoms with Crippen molar-refractivity contribution in [1.82, 2.24) is 19.9 Å². The number of methoxy groups -OCH3 is 1. The van der Waals surface area contributed by atoms with Crippen LogP contribution in [0.2, 0.25) is 0 Å². The van der Waals surface area contributed by atoms with Gasteiger partial charge >= 0.3 is 0 Å². The maximum Gasteiger partial charge on any atom is 0.191 e. The van der Waals surface area contributed by atoms with Gasteiger partial charge in [-0.2, -0.15) is 0 Å². The van der Waals surface area contributed by atoms with Crippen LogP contribution in [0.4, 0.5) is 0 Å². The first kappa shape index (κ1) is 20.2. The van der Waals surface area contributed by atoms with Gasteiger partial charge in [0.25, 0.3) is 0 Å². The van der Waals surface area contributed by atoms with Crippen molar-refractivity contribution in [2.45, 2.75) is 37.7 Å². The predicted molar refractivity (Wildman–Crippen MR) is 118 cm³/mol. The molecule has 2 aromatic carbocycles. The Balaban J connectivity index is 1.62. The molecule has 0 radical (unpaired) electrons. The molecule has 0 unspecified atom stereocenters. The monoisotopic (exact) mass is 420 g/mol. The second kappa shape index (κ2) is 9.17. The predicted octanol–water partition coefficient (Wildman–Crippen LogP) is 5.09. The van der Waals surface area contributed by atoms with Crippen molar-refractivity contribution in [3.05, 3.63) is 77.2 Å². The number of hydrogen-bond donors (Lipinski definition) is 0. The lowest BCUT2D eigenvalue weighted by atomic mass is 10.1. The highest BCUT2D eigenvalue weighted by Crippen LogP contribution is 2.29. The van der Waals surface area contributed by atoms with Crippen molar-refractivity contribution in [2.75, 3.05) is 7.11 Å². The maximum atomic E-state index is 5.30. The zero-order valence-corrected chi connectivity index (χ0v) is 18.1. The van der Waals surface area contributed by atoms with Crippen LogP contribution >= 0.6 is 11.8 Å². The van der Waals surface area contributed by atoms with E-state index in [0.717, 1.165) is 58.0 Å². The second-order valence-corrected chi connectivity index (χ2v) is 7.96. The number of aromatic nitrogens is 4. The fourth-order valence-electron chi connectivity index (χ4n) is 3.28. The molecule has 0 saturated heterocycles. The van der Waals surface area contributed by atoms with E-state index in [1.54, 1.807) is 18.9 Å². The summed E-state index contributed by atoms with van der Waals surface area (Å²) in [7, 11) is 1.67. The molecule has 0 saturated carbocycles. The Labute approximate surface area is 180 Å². The molecule has 0 amide bonds. The topological polar surface area (TPSA) is 66.0 Å². The SMILES string of the molecule is COc1ccc(-c2nnc(SCc3c(C)noc3C)n2CCc2ccccc2)cc1. The minimum Gasteiger partial charge on any atom is -0.497 e. The molecule has 0 aliphatic carbocycles. The van der Waals surface area contributed by atoms with Gasteiger partial charge in [-0.05, 0) is 50.1 Å². The molecule has 0 spiro atoms. The molecule has 0 N–H and O–H groups in total. The molecule has 0 atom stereocenters. The average Bonchev–Trinajstić information content (AvgIpc) is 3.34. The van der Waals surface area contributed by atoms with Gasteiger partial charge < -0.3 is 13.8 Å². The standard InChI is InChI=1S/C23H24N4O2S/c1-16-21(17(2)29-26-16)15-30-23-25-24-22(19-9-11-20(28-3)12-10-19)27(23)14-13-18-7-5-4-6-8-18/h4-12H,13-15H2,1-3H3. The molecule has 0 aliphatic rings. The molecule has 30 heavy (non-hydrogen) atoms. The summed E-state index contributed by atoms with van der Waals surface area (Å²) in [5, 5.41) is 13.9. The number of hydrogen-bond acceptors (Lipinski definition) is 6. The molecular formula is C23H24N4O2S. The van der Waals surface area contributed by atoms with Crippen molar-refractivity contribution in [2.24, 2.45) is 0 Å². The lowest BCUT2D eigenvalue weighted by Gasteiger charge is -2.11. The van der Waals surface area contributed by atoms with E-state index in [4.69, 9.17) is 9.26 Å². The Morgan fingerprint density at radius 1 is 1.00 bits per heavy atom. The van der Waals surface area contributed by atoms with Crippen molar-refractivity contribution in [1.29, 1.82) is 0 Å². The highest BCUT2D eigenvalue weighted by molar-refractivity contribution is 7.98. The molecule has 0 aliphatic heterocycles. The fourth-order valence-corrected chi connectivity index (χ4v) is 4.40. The molecule has 154 valence electrons. The van der Waals surface area contributed by atoms with Crippen LogP contribution in [0.5, 0.6) is 5.75 Å². The minimum atomic E-state index is 0.743. The van der Waals surface area contributed by atoms with Crippen LogP contribution in [0.3, 0.4) is 0 Å². The molecule has 2 heterocycles. The third-order valence-corrected chi connectivity index (χ3v) is 6.05. The van der Waals surface area contributed by atoms with E-state index < -0.39 is 0 Å². The van der Waals surface area contributed by atoms with E-state index in [-0.39, 0.29) is 0 Å². The second-order valence-electron chi connectivity index (χ2n) is 7.01. The van der Waals surface area contributed by atoms with Crippen LogP contribution < -0.4 is 4.74 Å². The van der Waals surface area contributed by atoms with Gasteiger partial charge in [-0.3, -0.25) is 0 Å². The molecule has 0 bridgehead atoms. The van der Waals surface area contributed by atoms with Crippen molar-refractivity contribution in [3.8, 4) is 17.1 Å². The molecule has 7 heteroatoms. The zero-order chi connectivity index (χ0) is 20.9. The van der Waals surface area contributed by atoms with E-state index in [9.17, 15) is 0 Å². The number of thioether (sulfide) groups is 1. The van der Waals surface area contributed by atoms with Gasteiger partial charge in [-0.25, -0.2) is 0 Å². The molecular weight excluding hydrogens is 396 g/mol. The molecule has 0 fully saturated rings. The number of ether oxygens (including phenoxy) is 1. The quantitative estimate of drug-likeness (QED) is 0.370. The van der Waals surface area contributed by atoms with Crippen molar-refractivity contribution >= 4 is 11.8 Å². The Bertz CT molecular complexity index is 1080. The van der Waals surface area contributed by atoms with Gasteiger partial charge in [0.2, 0.25) is 0 Å². The van der Waals surface area contributed by atoms with Crippen LogP contribution in [0.1, 0.15) is 22.6 Å². The van der Waals surface area contributed by atoms with Gasteiger partial charge in [0.1, 0.15) is 11.5 Å². The van der Waals surface area contributed by atoms with Gasteiger partial charge in [-0.15, -0.1) is 10.2 Å². The van der Waals surface area contributed by atoms with Crippen molar-refractivity contribution < 1.29 is 9.26 Å². The highest BCUT2D eigenvalue weighted by Gasteiger charge is 2.17. The number of nitrogens with zero attached hydrogens (tertiary/aromatic N) is 4. The van der Waals surface area contributed by atoms with E-state index in [1.807, 2.05) is 44.2 Å². The summed E-state index contributed by atoms with van der Waals surface area (Å²) >= 11 is 1.66. The van der Waals surface area contributed by atoms with Gasteiger partial charge in [0, 0.05) is 23.4 Å². The zero-order valence-electron chi connectivity index (χ0n) is 17.3. The Kier molecular flexibility index (Phi) is 6.18. The summed E-state index contributed by atoms with van der Waals surface area (Å²) in [5.74, 6) is 3.27. The summed E-state index contributed by atoms with van der Waals surface area (Å²) in [5.41, 5.74) is 4.34. The lowest BCUT2D eigenvalue weighted by molar-refractivity contribution is 0.392. The van der Waals surface area contributed by atoms with Gasteiger partial charge in [-0.1, -0.05) is 47.3 Å². The first-order chi connectivity index (χ1) is 14.7. The largest absolute Gasteiger partial charge is 0.497 e. The summed E-state index contributed by atoms with van der Waals surface area (Å²) in [6.07, 6.45) is 0.904. The first-order valence-corrected chi connectivity index (χ1v) is 10.8. The van der Waals surface area contributed by atoms with Crippen LogP contribution in [-0.2, 0) is 18.7 Å². The van der Waals surface area contributed by atoms with Crippen LogP contribution in [-0.4, -0.2) is 27.0 Å². The van der Waals surface area contributed by atoms with Crippen LogP contribution in [0, 0.1) is 13.8 Å². The fraction of sp³-hybridized carbons (Fsp3) is 0.261. The Hall–Kier alpha value is -3.06. The van der Waals surface area contributed by atoms with E-state index in [0.29, 0.717) is 0 Å². The van der Waals surface area contributed by atoms with Crippen LogP contribution in [0.15, 0.2) is 64.3 Å². The van der Waals surface area contributed by atoms with Gasteiger partial charge in [0.05, 0.1) is 12.8 Å². The maximum absolute atomic E-state index is 5.30. The average molecular weight is 421 g/mol. The third kappa shape index (κ3) is 4.41. The molecule has 2 aromatic heterocycles. The third-order valence-electron chi connectivity index (χ3n) is 5.06. The lowest BCUT2D eigenvalue weighted by Crippen LogP contribution is -2.05. The Morgan fingerprint density at radius 3 is 2.43 bits per heavy atom. The van der Waals surface area contributed by atoms with Crippen molar-refractivity contribution in [3.63, 3.8) is 0 Å². The van der Waals surface area contributed by atoms with Gasteiger partial charge in [0.15, 0.2) is 11.0 Å². The highest BCUT2D eigenvalue weighted by atomic mass is 32.2. The minimum absolute atomic E-state index is 0.743. The summed E-state index contributed by atoms with van der Waals surface area (Å²) in [6, 6.07) is 18.4. The van der Waals surface area contributed by atoms with Crippen LogP contribution in [0.25, 0.3) is 11.4 Å². The first-order valence-electron chi connectivity index (χ1n) is 9.82. The van der Waals surface area contributed by atoms with E-state index >= 15 is 0 Å².